The number of allylic oxidation sites excluding steroid dienone is 2. The van der Waals surface area contributed by atoms with E-state index in [1.807, 2.05) is 55.5 Å². The first-order valence-electron chi connectivity index (χ1n) is 11.3. The summed E-state index contributed by atoms with van der Waals surface area (Å²) in [6.07, 6.45) is 2.03. The van der Waals surface area contributed by atoms with Gasteiger partial charge in [-0.25, -0.2) is 4.98 Å². The molecule has 0 fully saturated rings. The van der Waals surface area contributed by atoms with E-state index >= 15 is 0 Å². The Morgan fingerprint density at radius 1 is 1.12 bits per heavy atom. The van der Waals surface area contributed by atoms with Crippen LogP contribution in [0.5, 0.6) is 5.75 Å². The fourth-order valence-corrected chi connectivity index (χ4v) is 5.67. The van der Waals surface area contributed by atoms with Crippen LogP contribution >= 0.6 is 23.4 Å². The maximum absolute atomic E-state index is 13.4. The van der Waals surface area contributed by atoms with Crippen molar-refractivity contribution in [2.45, 2.75) is 43.0 Å². The lowest BCUT2D eigenvalue weighted by Gasteiger charge is -2.32. The number of H-pyrrole nitrogens is 1. The smallest absolute Gasteiger partial charge is 0.257 e. The van der Waals surface area contributed by atoms with E-state index in [-0.39, 0.29) is 11.3 Å². The maximum atomic E-state index is 13.4. The largest absolute Gasteiger partial charge is 0.494 e. The van der Waals surface area contributed by atoms with Gasteiger partial charge in [-0.3, -0.25) is 9.59 Å². The number of halogens is 1. The molecule has 0 bridgehead atoms. The van der Waals surface area contributed by atoms with E-state index < -0.39 is 5.92 Å². The number of nitrogens with zero attached hydrogens (tertiary/aromatic N) is 1. The van der Waals surface area contributed by atoms with Crippen molar-refractivity contribution in [1.29, 1.82) is 0 Å². The van der Waals surface area contributed by atoms with Crippen LogP contribution in [0, 0.1) is 0 Å². The zero-order valence-electron chi connectivity index (χ0n) is 18.7. The van der Waals surface area contributed by atoms with E-state index in [4.69, 9.17) is 21.3 Å². The third-order valence-electron chi connectivity index (χ3n) is 6.08. The van der Waals surface area contributed by atoms with E-state index in [1.54, 1.807) is 0 Å². The first kappa shape index (κ1) is 22.7. The summed E-state index contributed by atoms with van der Waals surface area (Å²) in [6, 6.07) is 15.2. The van der Waals surface area contributed by atoms with E-state index in [1.165, 1.54) is 11.8 Å². The number of carbonyl (C=O) groups excluding carboxylic acids is 1. The van der Waals surface area contributed by atoms with Crippen molar-refractivity contribution in [3.63, 3.8) is 0 Å². The van der Waals surface area contributed by atoms with Crippen LogP contribution in [-0.2, 0) is 10.5 Å². The highest BCUT2D eigenvalue weighted by atomic mass is 35.5. The van der Waals surface area contributed by atoms with Crippen molar-refractivity contribution in [2.75, 3.05) is 11.9 Å². The van der Waals surface area contributed by atoms with Crippen LogP contribution in [0.3, 0.4) is 0 Å². The highest BCUT2D eigenvalue weighted by molar-refractivity contribution is 7.98. The average molecular weight is 494 g/mol. The number of aromatic nitrogens is 2. The first-order chi connectivity index (χ1) is 16.5. The summed E-state index contributed by atoms with van der Waals surface area (Å²) in [5.74, 6) is 1.46. The summed E-state index contributed by atoms with van der Waals surface area (Å²) < 4.78 is 5.57. The van der Waals surface area contributed by atoms with E-state index in [9.17, 15) is 9.59 Å². The summed E-state index contributed by atoms with van der Waals surface area (Å²) in [5, 5.41) is 4.50. The second-order valence-electron chi connectivity index (χ2n) is 8.24. The molecule has 174 valence electrons. The number of rotatable bonds is 6. The van der Waals surface area contributed by atoms with Gasteiger partial charge in [0.2, 0.25) is 0 Å². The maximum Gasteiger partial charge on any atom is 0.257 e. The number of aromatic amines is 1. The second-order valence-corrected chi connectivity index (χ2v) is 9.61. The van der Waals surface area contributed by atoms with Crippen molar-refractivity contribution in [2.24, 2.45) is 0 Å². The molecular formula is C26H24ClN3O3S. The van der Waals surface area contributed by atoms with Crippen molar-refractivity contribution >= 4 is 35.0 Å². The molecule has 5 rings (SSSR count). The number of ketones is 1. The lowest BCUT2D eigenvalue weighted by Crippen LogP contribution is -2.32. The molecular weight excluding hydrogens is 470 g/mol. The number of hydrogen-bond donors (Lipinski definition) is 2. The van der Waals surface area contributed by atoms with Gasteiger partial charge in [0, 0.05) is 34.4 Å². The molecule has 0 unspecified atom stereocenters. The molecule has 1 atom stereocenters. The van der Waals surface area contributed by atoms with Gasteiger partial charge in [-0.2, -0.15) is 0 Å². The Bertz CT molecular complexity index is 1330. The number of hydrogen-bond acceptors (Lipinski definition) is 6. The SMILES string of the molecule is CCOc1ccc([C@H]2C3=C(CCCC3=O)Nc3nc(SCc4ccccc4Cl)[nH]c(=O)c32)cc1. The molecule has 1 aliphatic carbocycles. The highest BCUT2D eigenvalue weighted by Crippen LogP contribution is 2.43. The monoisotopic (exact) mass is 493 g/mol. The molecule has 2 aromatic carbocycles. The second kappa shape index (κ2) is 9.68. The molecule has 0 amide bonds. The van der Waals surface area contributed by atoms with Crippen molar-refractivity contribution in [3.05, 3.63) is 91.9 Å². The lowest BCUT2D eigenvalue weighted by atomic mass is 9.76. The molecule has 8 heteroatoms. The molecule has 2 heterocycles. The molecule has 0 saturated carbocycles. The van der Waals surface area contributed by atoms with Gasteiger partial charge >= 0.3 is 0 Å². The Balaban J connectivity index is 1.54. The number of carbonyl (C=O) groups is 1. The average Bonchev–Trinajstić information content (AvgIpc) is 2.83. The number of thioether (sulfide) groups is 1. The van der Waals surface area contributed by atoms with Crippen LogP contribution in [-0.4, -0.2) is 22.4 Å². The molecule has 0 radical (unpaired) electrons. The van der Waals surface area contributed by atoms with Gasteiger partial charge in [-0.15, -0.1) is 0 Å². The third-order valence-corrected chi connectivity index (χ3v) is 7.37. The van der Waals surface area contributed by atoms with Crippen LogP contribution in [0.4, 0.5) is 5.82 Å². The minimum atomic E-state index is -0.464. The van der Waals surface area contributed by atoms with Gasteiger partial charge in [-0.1, -0.05) is 53.7 Å². The van der Waals surface area contributed by atoms with Gasteiger partial charge in [0.15, 0.2) is 10.9 Å². The minimum absolute atomic E-state index is 0.0786. The molecule has 0 saturated heterocycles. The summed E-state index contributed by atoms with van der Waals surface area (Å²) in [6.45, 7) is 2.50. The summed E-state index contributed by atoms with van der Waals surface area (Å²) in [4.78, 5) is 34.0. The van der Waals surface area contributed by atoms with Gasteiger partial charge in [0.1, 0.15) is 11.6 Å². The van der Waals surface area contributed by atoms with Crippen molar-refractivity contribution < 1.29 is 9.53 Å². The third kappa shape index (κ3) is 4.38. The topological polar surface area (TPSA) is 84.1 Å². The Hall–Kier alpha value is -3.03. The zero-order chi connectivity index (χ0) is 23.7. The number of Topliss-reactive ketones (excluding diaryl/α,β-unsaturated/α-hetero) is 1. The molecule has 34 heavy (non-hydrogen) atoms. The summed E-state index contributed by atoms with van der Waals surface area (Å²) in [5.41, 5.74) is 3.60. The molecule has 6 nitrogen and oxygen atoms in total. The molecule has 1 aromatic heterocycles. The number of fused-ring (bicyclic) bond motifs is 1. The van der Waals surface area contributed by atoms with Crippen molar-refractivity contribution in [3.8, 4) is 5.75 Å². The molecule has 3 aromatic rings. The Morgan fingerprint density at radius 3 is 2.68 bits per heavy atom. The van der Waals surface area contributed by atoms with Gasteiger partial charge in [0.25, 0.3) is 5.56 Å². The van der Waals surface area contributed by atoms with Crippen LogP contribution < -0.4 is 15.6 Å². The predicted molar refractivity (Wildman–Crippen MR) is 135 cm³/mol. The molecule has 2 aliphatic rings. The minimum Gasteiger partial charge on any atom is -0.494 e. The van der Waals surface area contributed by atoms with E-state index in [2.05, 4.69) is 10.3 Å². The van der Waals surface area contributed by atoms with E-state index in [0.717, 1.165) is 35.4 Å². The van der Waals surface area contributed by atoms with Crippen LogP contribution in [0.1, 0.15) is 48.8 Å². The molecule has 1 aliphatic heterocycles. The van der Waals surface area contributed by atoms with Gasteiger partial charge in [0.05, 0.1) is 12.2 Å². The Kier molecular flexibility index (Phi) is 6.48. The quantitative estimate of drug-likeness (QED) is 0.339. The van der Waals surface area contributed by atoms with Crippen LogP contribution in [0.25, 0.3) is 0 Å². The normalized spacial score (nSPS) is 17.1. The van der Waals surface area contributed by atoms with Crippen LogP contribution in [0.2, 0.25) is 5.02 Å². The highest BCUT2D eigenvalue weighted by Gasteiger charge is 2.37. The number of anilines is 1. The fraction of sp³-hybridized carbons (Fsp3) is 0.269. The standard InChI is InChI=1S/C26H24ClN3O3S/c1-2-33-17-12-10-15(11-13-17)21-22-19(8-5-9-20(22)31)28-24-23(21)25(32)30-26(29-24)34-14-16-6-3-4-7-18(16)27/h3-4,6-7,10-13,21H,2,5,8-9,14H2,1H3,(H2,28,29,30,32)/t21-/m0/s1. The fourth-order valence-electron chi connectivity index (χ4n) is 4.53. The van der Waals surface area contributed by atoms with E-state index in [0.29, 0.717) is 45.9 Å². The lowest BCUT2D eigenvalue weighted by molar-refractivity contribution is -0.116. The first-order valence-corrected chi connectivity index (χ1v) is 12.7. The zero-order valence-corrected chi connectivity index (χ0v) is 20.3. The molecule has 0 spiro atoms. The van der Waals surface area contributed by atoms with Gasteiger partial charge < -0.3 is 15.0 Å². The molecule has 2 N–H and O–H groups in total. The van der Waals surface area contributed by atoms with Gasteiger partial charge in [-0.05, 0) is 49.1 Å². The summed E-state index contributed by atoms with van der Waals surface area (Å²) >= 11 is 7.70. The number of nitrogens with one attached hydrogen (secondary N) is 2. The Morgan fingerprint density at radius 2 is 1.91 bits per heavy atom. The Labute approximate surface area is 206 Å². The predicted octanol–water partition coefficient (Wildman–Crippen LogP) is 5.68. The number of ether oxygens (including phenoxy) is 1. The van der Waals surface area contributed by atoms with Crippen LogP contribution in [0.15, 0.2) is 69.8 Å². The number of benzene rings is 2. The summed E-state index contributed by atoms with van der Waals surface area (Å²) in [7, 11) is 0. The van der Waals surface area contributed by atoms with Crippen molar-refractivity contribution in [1.82, 2.24) is 9.97 Å².